The minimum atomic E-state index is -0.0402. The zero-order chi connectivity index (χ0) is 19.3. The summed E-state index contributed by atoms with van der Waals surface area (Å²) in [5.74, 6) is 2.48. The highest BCUT2D eigenvalue weighted by Crippen LogP contribution is 2.20. The first kappa shape index (κ1) is 18.2. The first-order valence-electron chi connectivity index (χ1n) is 9.70. The molecule has 8 heteroatoms. The first-order valence-corrected chi connectivity index (χ1v) is 9.70. The Bertz CT molecular complexity index is 962. The van der Waals surface area contributed by atoms with E-state index >= 15 is 0 Å². The molecule has 0 spiro atoms. The van der Waals surface area contributed by atoms with Crippen molar-refractivity contribution in [1.82, 2.24) is 24.8 Å². The Labute approximate surface area is 164 Å². The van der Waals surface area contributed by atoms with Gasteiger partial charge in [0, 0.05) is 32.2 Å². The van der Waals surface area contributed by atoms with Crippen LogP contribution in [0.1, 0.15) is 18.7 Å². The molecule has 2 aromatic heterocycles. The third kappa shape index (κ3) is 4.21. The Balaban J connectivity index is 1.27. The van der Waals surface area contributed by atoms with Crippen LogP contribution in [0, 0.1) is 6.92 Å². The van der Waals surface area contributed by atoms with Crippen LogP contribution in [0.2, 0.25) is 0 Å². The molecule has 1 aliphatic rings. The maximum atomic E-state index is 12.2. The molecule has 0 atom stereocenters. The van der Waals surface area contributed by atoms with Crippen molar-refractivity contribution >= 4 is 28.6 Å². The summed E-state index contributed by atoms with van der Waals surface area (Å²) in [4.78, 5) is 27.8. The zero-order valence-electron chi connectivity index (χ0n) is 16.1. The van der Waals surface area contributed by atoms with Gasteiger partial charge >= 0.3 is 0 Å². The lowest BCUT2D eigenvalue weighted by Gasteiger charge is -2.17. The van der Waals surface area contributed by atoms with E-state index in [2.05, 4.69) is 30.5 Å². The molecule has 0 bridgehead atoms. The van der Waals surface area contributed by atoms with E-state index in [1.54, 1.807) is 6.33 Å². The molecule has 146 valence electrons. The van der Waals surface area contributed by atoms with Gasteiger partial charge in [0.25, 0.3) is 0 Å². The van der Waals surface area contributed by atoms with Crippen molar-refractivity contribution in [2.45, 2.75) is 26.3 Å². The van der Waals surface area contributed by atoms with Crippen LogP contribution in [0.5, 0.6) is 0 Å². The molecule has 28 heavy (non-hydrogen) atoms. The van der Waals surface area contributed by atoms with Gasteiger partial charge in [-0.1, -0.05) is 12.1 Å². The second-order valence-corrected chi connectivity index (χ2v) is 6.99. The number of aryl methyl sites for hydroxylation is 1. The van der Waals surface area contributed by atoms with E-state index in [1.807, 2.05) is 41.8 Å². The zero-order valence-corrected chi connectivity index (χ0v) is 16.1. The Kier molecular flexibility index (Phi) is 5.36. The summed E-state index contributed by atoms with van der Waals surface area (Å²) in [6.07, 6.45) is 4.13. The summed E-state index contributed by atoms with van der Waals surface area (Å²) in [5.41, 5.74) is 1.85. The average Bonchev–Trinajstić information content (AvgIpc) is 3.36. The molecule has 1 fully saturated rings. The SMILES string of the molecule is Cc1nc(NCCNC(=O)Cn2cnc3ccccc32)cc(N2CCCC2)n1. The molecule has 0 saturated carbocycles. The van der Waals surface area contributed by atoms with E-state index in [9.17, 15) is 4.79 Å². The summed E-state index contributed by atoms with van der Waals surface area (Å²) in [6, 6.07) is 9.77. The number of aromatic nitrogens is 4. The summed E-state index contributed by atoms with van der Waals surface area (Å²) in [6.45, 7) is 5.39. The van der Waals surface area contributed by atoms with Crippen molar-refractivity contribution in [2.75, 3.05) is 36.4 Å². The number of rotatable bonds is 7. The number of benzene rings is 1. The number of nitrogens with one attached hydrogen (secondary N) is 2. The molecule has 3 aromatic rings. The molecule has 0 radical (unpaired) electrons. The predicted octanol–water partition coefficient (Wildman–Crippen LogP) is 1.96. The van der Waals surface area contributed by atoms with Gasteiger partial charge < -0.3 is 20.1 Å². The molecule has 4 rings (SSSR count). The maximum Gasteiger partial charge on any atom is 0.240 e. The quantitative estimate of drug-likeness (QED) is 0.610. The Morgan fingerprint density at radius 1 is 1.14 bits per heavy atom. The van der Waals surface area contributed by atoms with Gasteiger partial charge in [-0.15, -0.1) is 0 Å². The van der Waals surface area contributed by atoms with Gasteiger partial charge in [0.1, 0.15) is 24.0 Å². The fourth-order valence-electron chi connectivity index (χ4n) is 3.49. The Morgan fingerprint density at radius 2 is 1.96 bits per heavy atom. The molecular formula is C20H25N7O. The summed E-state index contributed by atoms with van der Waals surface area (Å²) in [7, 11) is 0. The van der Waals surface area contributed by atoms with E-state index in [1.165, 1.54) is 12.8 Å². The van der Waals surface area contributed by atoms with Crippen LogP contribution in [0.15, 0.2) is 36.7 Å². The number of anilines is 2. The monoisotopic (exact) mass is 379 g/mol. The number of amides is 1. The highest BCUT2D eigenvalue weighted by Gasteiger charge is 2.15. The fraction of sp³-hybridized carbons (Fsp3) is 0.400. The van der Waals surface area contributed by atoms with Gasteiger partial charge in [0.15, 0.2) is 0 Å². The lowest BCUT2D eigenvalue weighted by molar-refractivity contribution is -0.121. The van der Waals surface area contributed by atoms with E-state index in [4.69, 9.17) is 0 Å². The van der Waals surface area contributed by atoms with Gasteiger partial charge in [-0.05, 0) is 31.9 Å². The van der Waals surface area contributed by atoms with Gasteiger partial charge in [0.2, 0.25) is 5.91 Å². The highest BCUT2D eigenvalue weighted by atomic mass is 16.1. The summed E-state index contributed by atoms with van der Waals surface area (Å²) >= 11 is 0. The van der Waals surface area contributed by atoms with Gasteiger partial charge in [-0.25, -0.2) is 15.0 Å². The molecule has 0 unspecified atom stereocenters. The van der Waals surface area contributed by atoms with Gasteiger partial charge in [-0.3, -0.25) is 4.79 Å². The molecule has 3 heterocycles. The number of carbonyl (C=O) groups is 1. The number of imidazole rings is 1. The molecule has 1 aromatic carbocycles. The maximum absolute atomic E-state index is 12.2. The minimum absolute atomic E-state index is 0.0402. The second-order valence-electron chi connectivity index (χ2n) is 6.99. The number of carbonyl (C=O) groups excluding carboxylic acids is 1. The van der Waals surface area contributed by atoms with E-state index < -0.39 is 0 Å². The average molecular weight is 379 g/mol. The lowest BCUT2D eigenvalue weighted by Crippen LogP contribution is -2.31. The Morgan fingerprint density at radius 3 is 2.82 bits per heavy atom. The largest absolute Gasteiger partial charge is 0.368 e. The van der Waals surface area contributed by atoms with Crippen molar-refractivity contribution in [3.8, 4) is 0 Å². The van der Waals surface area contributed by atoms with Crippen molar-refractivity contribution < 1.29 is 4.79 Å². The van der Waals surface area contributed by atoms with Crippen LogP contribution in [0.4, 0.5) is 11.6 Å². The molecule has 1 saturated heterocycles. The first-order chi connectivity index (χ1) is 13.7. The molecule has 2 N–H and O–H groups in total. The van der Waals surface area contributed by atoms with Crippen molar-refractivity contribution in [3.05, 3.63) is 42.5 Å². The molecule has 1 amide bonds. The number of hydrogen-bond acceptors (Lipinski definition) is 6. The van der Waals surface area contributed by atoms with Crippen LogP contribution in [0.25, 0.3) is 11.0 Å². The lowest BCUT2D eigenvalue weighted by atomic mass is 10.3. The standard InChI is InChI=1S/C20H25N7O/c1-15-24-18(12-19(25-15)26-10-4-5-11-26)21-8-9-22-20(28)13-27-14-23-16-6-2-3-7-17(16)27/h2-3,6-7,12,14H,4-5,8-11,13H2,1H3,(H,22,28)(H,21,24,25). The minimum Gasteiger partial charge on any atom is -0.368 e. The van der Waals surface area contributed by atoms with Crippen molar-refractivity contribution in [2.24, 2.45) is 0 Å². The summed E-state index contributed by atoms with van der Waals surface area (Å²) < 4.78 is 1.86. The topological polar surface area (TPSA) is 88.0 Å². The third-order valence-electron chi connectivity index (χ3n) is 4.85. The van der Waals surface area contributed by atoms with Crippen molar-refractivity contribution in [1.29, 1.82) is 0 Å². The molecule has 1 aliphatic heterocycles. The fourth-order valence-corrected chi connectivity index (χ4v) is 3.49. The number of fused-ring (bicyclic) bond motifs is 1. The normalized spacial score (nSPS) is 13.8. The highest BCUT2D eigenvalue weighted by molar-refractivity contribution is 5.80. The van der Waals surface area contributed by atoms with E-state index in [0.717, 1.165) is 41.6 Å². The van der Waals surface area contributed by atoms with Crippen LogP contribution in [-0.2, 0) is 11.3 Å². The Hall–Kier alpha value is -3.16. The van der Waals surface area contributed by atoms with Crippen LogP contribution < -0.4 is 15.5 Å². The van der Waals surface area contributed by atoms with Crippen LogP contribution in [-0.4, -0.2) is 51.6 Å². The van der Waals surface area contributed by atoms with Gasteiger partial charge in [-0.2, -0.15) is 0 Å². The van der Waals surface area contributed by atoms with Crippen LogP contribution in [0.3, 0.4) is 0 Å². The smallest absolute Gasteiger partial charge is 0.240 e. The van der Waals surface area contributed by atoms with E-state index in [-0.39, 0.29) is 12.5 Å². The predicted molar refractivity (Wildman–Crippen MR) is 109 cm³/mol. The third-order valence-corrected chi connectivity index (χ3v) is 4.85. The molecule has 8 nitrogen and oxygen atoms in total. The van der Waals surface area contributed by atoms with Gasteiger partial charge in [0.05, 0.1) is 17.4 Å². The number of nitrogens with zero attached hydrogens (tertiary/aromatic N) is 5. The van der Waals surface area contributed by atoms with Crippen molar-refractivity contribution in [3.63, 3.8) is 0 Å². The number of hydrogen-bond donors (Lipinski definition) is 2. The number of para-hydroxylation sites is 2. The summed E-state index contributed by atoms with van der Waals surface area (Å²) in [5, 5.41) is 6.22. The second kappa shape index (κ2) is 8.24. The van der Waals surface area contributed by atoms with Crippen LogP contribution >= 0.6 is 0 Å². The molecule has 0 aliphatic carbocycles. The van der Waals surface area contributed by atoms with E-state index in [0.29, 0.717) is 13.1 Å². The molecular weight excluding hydrogens is 354 g/mol.